The van der Waals surface area contributed by atoms with Crippen molar-refractivity contribution in [2.24, 2.45) is 11.1 Å². The summed E-state index contributed by atoms with van der Waals surface area (Å²) in [6.45, 7) is 3.81. The average molecular weight is 292 g/mol. The van der Waals surface area contributed by atoms with E-state index in [1.807, 2.05) is 31.2 Å². The first kappa shape index (κ1) is 14.5. The van der Waals surface area contributed by atoms with E-state index in [2.05, 4.69) is 5.32 Å². The predicted molar refractivity (Wildman–Crippen MR) is 76.6 cm³/mol. The van der Waals surface area contributed by atoms with E-state index >= 15 is 0 Å². The minimum atomic E-state index is -0.684. The lowest BCUT2D eigenvalue weighted by atomic mass is 9.85. The van der Waals surface area contributed by atoms with Gasteiger partial charge in [0.25, 0.3) is 0 Å². The topological polar surface area (TPSA) is 82.8 Å². The Morgan fingerprint density at radius 1 is 1.29 bits per heavy atom. The zero-order chi connectivity index (χ0) is 14.9. The minimum absolute atomic E-state index is 0.117. The second-order valence-electron chi connectivity index (χ2n) is 5.69. The summed E-state index contributed by atoms with van der Waals surface area (Å²) in [6, 6.07) is 7.17. The van der Waals surface area contributed by atoms with E-state index in [0.717, 1.165) is 11.3 Å². The van der Waals surface area contributed by atoms with Crippen molar-refractivity contribution >= 4 is 11.6 Å². The highest BCUT2D eigenvalue weighted by molar-refractivity contribution is 5.96. The van der Waals surface area contributed by atoms with Crippen molar-refractivity contribution in [2.45, 2.75) is 19.3 Å². The fourth-order valence-electron chi connectivity index (χ4n) is 2.47. The number of hydrogen-bond donors (Lipinski definition) is 2. The summed E-state index contributed by atoms with van der Waals surface area (Å²) in [4.78, 5) is 12.4. The molecule has 1 aromatic carbocycles. The lowest BCUT2D eigenvalue weighted by Crippen LogP contribution is -2.47. The average Bonchev–Trinajstić information content (AvgIpc) is 3.12. The third-order valence-electron chi connectivity index (χ3n) is 4.10. The molecule has 0 saturated carbocycles. The normalized spacial score (nSPS) is 29.7. The summed E-state index contributed by atoms with van der Waals surface area (Å²) in [5, 5.41) is 2.89. The number of carbonyl (C=O) groups excluding carboxylic acids is 1. The first-order valence-electron chi connectivity index (χ1n) is 7.07. The molecule has 0 radical (unpaired) electrons. The van der Waals surface area contributed by atoms with Gasteiger partial charge in [-0.25, -0.2) is 0 Å². The van der Waals surface area contributed by atoms with Crippen molar-refractivity contribution in [3.63, 3.8) is 0 Å². The van der Waals surface area contributed by atoms with E-state index in [-0.39, 0.29) is 18.2 Å². The van der Waals surface area contributed by atoms with Gasteiger partial charge in [-0.05, 0) is 19.1 Å². The van der Waals surface area contributed by atoms with Crippen molar-refractivity contribution in [1.82, 2.24) is 0 Å². The molecule has 2 unspecified atom stereocenters. The van der Waals surface area contributed by atoms with Crippen LogP contribution in [0, 0.1) is 5.41 Å². The molecule has 2 aliphatic rings. The van der Waals surface area contributed by atoms with Gasteiger partial charge in [-0.3, -0.25) is 4.79 Å². The van der Waals surface area contributed by atoms with Crippen LogP contribution < -0.4 is 11.1 Å². The molecule has 114 valence electrons. The molecule has 2 fully saturated rings. The SMILES string of the molecule is CC1(C(=O)Nc2ccc(C3OCCO3)cc2)COCC1N. The lowest BCUT2D eigenvalue weighted by Gasteiger charge is -2.25. The van der Waals surface area contributed by atoms with E-state index < -0.39 is 5.41 Å². The van der Waals surface area contributed by atoms with Gasteiger partial charge >= 0.3 is 0 Å². The van der Waals surface area contributed by atoms with Gasteiger partial charge < -0.3 is 25.3 Å². The molecular formula is C15H20N2O4. The van der Waals surface area contributed by atoms with E-state index in [0.29, 0.717) is 26.4 Å². The molecule has 2 heterocycles. The molecule has 2 saturated heterocycles. The lowest BCUT2D eigenvalue weighted by molar-refractivity contribution is -0.125. The fourth-order valence-corrected chi connectivity index (χ4v) is 2.47. The molecule has 0 spiro atoms. The van der Waals surface area contributed by atoms with Crippen LogP contribution in [0.4, 0.5) is 5.69 Å². The molecule has 6 nitrogen and oxygen atoms in total. The molecule has 2 aliphatic heterocycles. The summed E-state index contributed by atoms with van der Waals surface area (Å²) in [5.41, 5.74) is 6.94. The Labute approximate surface area is 123 Å². The van der Waals surface area contributed by atoms with Crippen LogP contribution >= 0.6 is 0 Å². The van der Waals surface area contributed by atoms with E-state index in [4.69, 9.17) is 19.9 Å². The largest absolute Gasteiger partial charge is 0.379 e. The van der Waals surface area contributed by atoms with Crippen LogP contribution in [0.1, 0.15) is 18.8 Å². The molecule has 1 amide bonds. The first-order valence-corrected chi connectivity index (χ1v) is 7.07. The molecule has 0 bridgehead atoms. The standard InChI is InChI=1S/C15H20N2O4/c1-15(9-19-8-12(15)16)14(18)17-11-4-2-10(3-5-11)13-20-6-7-21-13/h2-5,12-13H,6-9,16H2,1H3,(H,17,18). The molecule has 1 aromatic rings. The number of anilines is 1. The summed E-state index contributed by atoms with van der Waals surface area (Å²) >= 11 is 0. The van der Waals surface area contributed by atoms with Crippen LogP contribution in [-0.4, -0.2) is 38.4 Å². The fraction of sp³-hybridized carbons (Fsp3) is 0.533. The van der Waals surface area contributed by atoms with Crippen LogP contribution in [0.3, 0.4) is 0 Å². The van der Waals surface area contributed by atoms with Gasteiger partial charge in [0, 0.05) is 17.3 Å². The maximum Gasteiger partial charge on any atom is 0.234 e. The van der Waals surface area contributed by atoms with Gasteiger partial charge in [0.1, 0.15) is 0 Å². The Hall–Kier alpha value is -1.47. The van der Waals surface area contributed by atoms with E-state index in [1.165, 1.54) is 0 Å². The highest BCUT2D eigenvalue weighted by atomic mass is 16.7. The number of ether oxygens (including phenoxy) is 3. The Balaban J connectivity index is 1.66. The van der Waals surface area contributed by atoms with Gasteiger partial charge in [-0.1, -0.05) is 12.1 Å². The third-order valence-corrected chi connectivity index (χ3v) is 4.10. The zero-order valence-electron chi connectivity index (χ0n) is 12.0. The summed E-state index contributed by atoms with van der Waals surface area (Å²) in [5.74, 6) is -0.117. The number of nitrogens with one attached hydrogen (secondary N) is 1. The second kappa shape index (κ2) is 5.73. The van der Waals surface area contributed by atoms with Crippen LogP contribution in [0.25, 0.3) is 0 Å². The quantitative estimate of drug-likeness (QED) is 0.869. The molecule has 3 rings (SSSR count). The van der Waals surface area contributed by atoms with Crippen LogP contribution in [0.15, 0.2) is 24.3 Å². The number of amides is 1. The second-order valence-corrected chi connectivity index (χ2v) is 5.69. The maximum absolute atomic E-state index is 12.4. The van der Waals surface area contributed by atoms with Gasteiger partial charge in [-0.2, -0.15) is 0 Å². The Morgan fingerprint density at radius 2 is 1.95 bits per heavy atom. The van der Waals surface area contributed by atoms with Gasteiger partial charge in [0.05, 0.1) is 31.8 Å². The molecule has 3 N–H and O–H groups in total. The molecule has 21 heavy (non-hydrogen) atoms. The first-order chi connectivity index (χ1) is 10.1. The van der Waals surface area contributed by atoms with Gasteiger partial charge in [0.15, 0.2) is 6.29 Å². The highest BCUT2D eigenvalue weighted by Gasteiger charge is 2.44. The molecule has 2 atom stereocenters. The minimum Gasteiger partial charge on any atom is -0.379 e. The number of hydrogen-bond acceptors (Lipinski definition) is 5. The third kappa shape index (κ3) is 2.80. The summed E-state index contributed by atoms with van der Waals surface area (Å²) in [7, 11) is 0. The number of benzene rings is 1. The van der Waals surface area contributed by atoms with Crippen molar-refractivity contribution in [3.8, 4) is 0 Å². The molecule has 0 aliphatic carbocycles. The highest BCUT2D eigenvalue weighted by Crippen LogP contribution is 2.29. The van der Waals surface area contributed by atoms with Gasteiger partial charge in [0.2, 0.25) is 5.91 Å². The predicted octanol–water partition coefficient (Wildman–Crippen LogP) is 1.03. The number of rotatable bonds is 3. The molecular weight excluding hydrogens is 272 g/mol. The summed E-state index contributed by atoms with van der Waals surface area (Å²) in [6.07, 6.45) is -0.302. The monoisotopic (exact) mass is 292 g/mol. The maximum atomic E-state index is 12.4. The van der Waals surface area contributed by atoms with Gasteiger partial charge in [-0.15, -0.1) is 0 Å². The Kier molecular flexibility index (Phi) is 3.95. The number of nitrogens with two attached hydrogens (primary N) is 1. The van der Waals surface area contributed by atoms with Crippen molar-refractivity contribution in [1.29, 1.82) is 0 Å². The molecule has 6 heteroatoms. The zero-order valence-corrected chi connectivity index (χ0v) is 12.0. The number of carbonyl (C=O) groups is 1. The van der Waals surface area contributed by atoms with E-state index in [1.54, 1.807) is 0 Å². The smallest absolute Gasteiger partial charge is 0.234 e. The Bertz CT molecular complexity index is 513. The molecule has 0 aromatic heterocycles. The van der Waals surface area contributed by atoms with Crippen LogP contribution in [0.2, 0.25) is 0 Å². The van der Waals surface area contributed by atoms with Crippen LogP contribution in [-0.2, 0) is 19.0 Å². The van der Waals surface area contributed by atoms with Crippen LogP contribution in [0.5, 0.6) is 0 Å². The van der Waals surface area contributed by atoms with Crippen molar-refractivity contribution in [2.75, 3.05) is 31.7 Å². The van der Waals surface area contributed by atoms with E-state index in [9.17, 15) is 4.79 Å². The summed E-state index contributed by atoms with van der Waals surface area (Å²) < 4.78 is 16.2. The van der Waals surface area contributed by atoms with Crippen molar-refractivity contribution < 1.29 is 19.0 Å². The van der Waals surface area contributed by atoms with Crippen molar-refractivity contribution in [3.05, 3.63) is 29.8 Å². The Morgan fingerprint density at radius 3 is 2.52 bits per heavy atom.